The molecule has 2 aliphatic rings. The Hall–Kier alpha value is -1.07. The first-order chi connectivity index (χ1) is 9.75. The van der Waals surface area contributed by atoms with Gasteiger partial charge in [0.05, 0.1) is 18.8 Å². The summed E-state index contributed by atoms with van der Waals surface area (Å²) in [5.74, 6) is 0.981. The van der Waals surface area contributed by atoms with Crippen LogP contribution < -0.4 is 5.32 Å². The van der Waals surface area contributed by atoms with Gasteiger partial charge in [0.1, 0.15) is 11.2 Å². The van der Waals surface area contributed by atoms with Gasteiger partial charge in [-0.2, -0.15) is 0 Å². The van der Waals surface area contributed by atoms with Gasteiger partial charge in [-0.1, -0.05) is 18.2 Å². The van der Waals surface area contributed by atoms with Crippen molar-refractivity contribution in [3.8, 4) is 0 Å². The molecule has 2 heterocycles. The van der Waals surface area contributed by atoms with E-state index in [-0.39, 0.29) is 17.1 Å². The Morgan fingerprint density at radius 3 is 2.80 bits per heavy atom. The lowest BCUT2D eigenvalue weighted by Gasteiger charge is -2.30. The maximum atomic E-state index is 14.0. The standard InChI is InChI=1S/C15H19FN2OS/c16-13-4-2-1-3-12(13)15-18(14(19)10-20-15)9-11-5-7-17-8-6-11/h1-4,11,15,17H,5-10H2/p+1/t15-/m0/s1. The Labute approximate surface area is 122 Å². The number of rotatable bonds is 3. The normalized spacial score (nSPS) is 24.4. The van der Waals surface area contributed by atoms with E-state index in [0.29, 0.717) is 17.2 Å². The lowest BCUT2D eigenvalue weighted by molar-refractivity contribution is -0.664. The van der Waals surface area contributed by atoms with E-state index < -0.39 is 0 Å². The van der Waals surface area contributed by atoms with E-state index in [9.17, 15) is 9.18 Å². The Morgan fingerprint density at radius 2 is 2.05 bits per heavy atom. The van der Waals surface area contributed by atoms with Crippen LogP contribution in [0, 0.1) is 11.7 Å². The highest BCUT2D eigenvalue weighted by atomic mass is 32.2. The Morgan fingerprint density at radius 1 is 1.30 bits per heavy atom. The van der Waals surface area contributed by atoms with Gasteiger partial charge in [-0.25, -0.2) is 4.39 Å². The van der Waals surface area contributed by atoms with Crippen molar-refractivity contribution in [2.24, 2.45) is 5.92 Å². The quantitative estimate of drug-likeness (QED) is 0.914. The fourth-order valence-electron chi connectivity index (χ4n) is 3.04. The molecule has 2 N–H and O–H groups in total. The van der Waals surface area contributed by atoms with E-state index >= 15 is 0 Å². The van der Waals surface area contributed by atoms with Crippen LogP contribution in [0.5, 0.6) is 0 Å². The highest BCUT2D eigenvalue weighted by Gasteiger charge is 2.35. The topological polar surface area (TPSA) is 36.9 Å². The molecule has 0 unspecified atom stereocenters. The number of quaternary nitrogens is 1. The zero-order chi connectivity index (χ0) is 13.9. The largest absolute Gasteiger partial charge is 0.346 e. The minimum Gasteiger partial charge on any atom is -0.346 e. The van der Waals surface area contributed by atoms with Crippen molar-refractivity contribution in [3.63, 3.8) is 0 Å². The molecule has 20 heavy (non-hydrogen) atoms. The van der Waals surface area contributed by atoms with Crippen molar-refractivity contribution >= 4 is 17.7 Å². The molecule has 5 heteroatoms. The van der Waals surface area contributed by atoms with Crippen molar-refractivity contribution in [3.05, 3.63) is 35.6 Å². The molecule has 1 amide bonds. The number of carbonyl (C=O) groups is 1. The molecule has 0 bridgehead atoms. The fraction of sp³-hybridized carbons (Fsp3) is 0.533. The molecular formula is C15H20FN2OS+. The lowest BCUT2D eigenvalue weighted by atomic mass is 9.97. The molecule has 0 aromatic heterocycles. The number of piperidine rings is 1. The second kappa shape index (κ2) is 6.14. The molecule has 1 aromatic carbocycles. The Kier molecular flexibility index (Phi) is 4.27. The summed E-state index contributed by atoms with van der Waals surface area (Å²) < 4.78 is 14.0. The molecular weight excluding hydrogens is 275 g/mol. The second-order valence-corrected chi connectivity index (χ2v) is 6.61. The molecule has 3 rings (SSSR count). The summed E-state index contributed by atoms with van der Waals surface area (Å²) >= 11 is 1.54. The van der Waals surface area contributed by atoms with Gasteiger partial charge in [-0.3, -0.25) is 4.79 Å². The first kappa shape index (κ1) is 13.9. The van der Waals surface area contributed by atoms with Crippen LogP contribution in [-0.2, 0) is 4.79 Å². The monoisotopic (exact) mass is 295 g/mol. The summed E-state index contributed by atoms with van der Waals surface area (Å²) in [6.45, 7) is 3.06. The summed E-state index contributed by atoms with van der Waals surface area (Å²) in [5.41, 5.74) is 0.644. The minimum atomic E-state index is -0.207. The second-order valence-electron chi connectivity index (χ2n) is 5.54. The number of halogens is 1. The van der Waals surface area contributed by atoms with Crippen LogP contribution in [0.25, 0.3) is 0 Å². The molecule has 3 nitrogen and oxygen atoms in total. The average molecular weight is 295 g/mol. The van der Waals surface area contributed by atoms with Gasteiger partial charge in [0.2, 0.25) is 5.91 Å². The maximum Gasteiger partial charge on any atom is 0.233 e. The number of hydrogen-bond donors (Lipinski definition) is 1. The van der Waals surface area contributed by atoms with Crippen LogP contribution in [0.2, 0.25) is 0 Å². The summed E-state index contributed by atoms with van der Waals surface area (Å²) in [7, 11) is 0. The van der Waals surface area contributed by atoms with Crippen LogP contribution >= 0.6 is 11.8 Å². The van der Waals surface area contributed by atoms with Crippen LogP contribution in [0.3, 0.4) is 0 Å². The number of amides is 1. The van der Waals surface area contributed by atoms with Gasteiger partial charge in [0.25, 0.3) is 0 Å². The van der Waals surface area contributed by atoms with Gasteiger partial charge < -0.3 is 10.2 Å². The fourth-order valence-corrected chi connectivity index (χ4v) is 4.26. The molecule has 2 aliphatic heterocycles. The van der Waals surface area contributed by atoms with Crippen LogP contribution in [0.1, 0.15) is 23.8 Å². The van der Waals surface area contributed by atoms with Crippen molar-refractivity contribution in [2.75, 3.05) is 25.4 Å². The molecule has 0 saturated carbocycles. The van der Waals surface area contributed by atoms with Crippen molar-refractivity contribution in [1.82, 2.24) is 4.90 Å². The van der Waals surface area contributed by atoms with Crippen LogP contribution in [0.4, 0.5) is 4.39 Å². The van der Waals surface area contributed by atoms with E-state index in [2.05, 4.69) is 5.32 Å². The van der Waals surface area contributed by atoms with Gasteiger partial charge >= 0.3 is 0 Å². The lowest BCUT2D eigenvalue weighted by Crippen LogP contribution is -2.86. The molecule has 2 saturated heterocycles. The SMILES string of the molecule is O=C1CS[C@@H](c2ccccc2F)N1CC1CC[NH2+]CC1. The van der Waals surface area contributed by atoms with E-state index in [0.717, 1.165) is 32.5 Å². The molecule has 108 valence electrons. The molecule has 1 aromatic rings. The molecule has 0 aliphatic carbocycles. The predicted molar refractivity (Wildman–Crippen MR) is 77.7 cm³/mol. The van der Waals surface area contributed by atoms with Crippen molar-refractivity contribution < 1.29 is 14.5 Å². The highest BCUT2D eigenvalue weighted by molar-refractivity contribution is 8.00. The zero-order valence-corrected chi connectivity index (χ0v) is 12.2. The van der Waals surface area contributed by atoms with E-state index in [1.165, 1.54) is 6.07 Å². The third-order valence-corrected chi connectivity index (χ3v) is 5.39. The summed E-state index contributed by atoms with van der Waals surface area (Å²) in [6, 6.07) is 6.82. The Balaban J connectivity index is 1.76. The van der Waals surface area contributed by atoms with Crippen molar-refractivity contribution in [1.29, 1.82) is 0 Å². The summed E-state index contributed by atoms with van der Waals surface area (Å²) in [6.07, 6.45) is 2.30. The maximum absolute atomic E-state index is 14.0. The number of carbonyl (C=O) groups excluding carboxylic acids is 1. The minimum absolute atomic E-state index is 0.144. The molecule has 1 atom stereocenters. The Bertz CT molecular complexity index is 491. The number of benzene rings is 1. The van der Waals surface area contributed by atoms with Gasteiger partial charge in [0.15, 0.2) is 0 Å². The predicted octanol–water partition coefficient (Wildman–Crippen LogP) is 1.37. The van der Waals surface area contributed by atoms with E-state index in [4.69, 9.17) is 0 Å². The molecule has 0 radical (unpaired) electrons. The van der Waals surface area contributed by atoms with Gasteiger partial charge in [0, 0.05) is 24.9 Å². The molecule has 2 fully saturated rings. The summed E-state index contributed by atoms with van der Waals surface area (Å²) in [4.78, 5) is 14.0. The summed E-state index contributed by atoms with van der Waals surface area (Å²) in [5, 5.41) is 2.18. The van der Waals surface area contributed by atoms with Crippen LogP contribution in [0.15, 0.2) is 24.3 Å². The highest BCUT2D eigenvalue weighted by Crippen LogP contribution is 2.40. The third kappa shape index (κ3) is 2.83. The van der Waals surface area contributed by atoms with Crippen LogP contribution in [-0.4, -0.2) is 36.2 Å². The smallest absolute Gasteiger partial charge is 0.233 e. The van der Waals surface area contributed by atoms with E-state index in [1.54, 1.807) is 23.9 Å². The first-order valence-corrected chi connectivity index (χ1v) is 8.28. The van der Waals surface area contributed by atoms with Crippen molar-refractivity contribution in [2.45, 2.75) is 18.2 Å². The van der Waals surface area contributed by atoms with E-state index in [1.807, 2.05) is 11.0 Å². The molecule has 0 spiro atoms. The number of thioether (sulfide) groups is 1. The van der Waals surface area contributed by atoms with Gasteiger partial charge in [-0.15, -0.1) is 11.8 Å². The number of nitrogens with zero attached hydrogens (tertiary/aromatic N) is 1. The number of nitrogens with two attached hydrogens (primary N) is 1. The third-order valence-electron chi connectivity index (χ3n) is 4.15. The number of hydrogen-bond acceptors (Lipinski definition) is 2. The first-order valence-electron chi connectivity index (χ1n) is 7.23. The zero-order valence-electron chi connectivity index (χ0n) is 11.4. The average Bonchev–Trinajstić information content (AvgIpc) is 2.82. The van der Waals surface area contributed by atoms with Gasteiger partial charge in [-0.05, 0) is 12.0 Å².